The third-order valence-electron chi connectivity index (χ3n) is 7.36. The number of nitrogens with zero attached hydrogens (tertiary/aromatic N) is 4. The second-order valence-electron chi connectivity index (χ2n) is 10.8. The van der Waals surface area contributed by atoms with Gasteiger partial charge in [-0.25, -0.2) is 9.78 Å². The molecule has 3 aromatic carbocycles. The first-order valence-corrected chi connectivity index (χ1v) is 15.3. The highest BCUT2D eigenvalue weighted by molar-refractivity contribution is 6.32. The summed E-state index contributed by atoms with van der Waals surface area (Å²) in [6.45, 7) is 1.73. The first-order valence-electron chi connectivity index (χ1n) is 14.9. The van der Waals surface area contributed by atoms with Crippen LogP contribution in [0.15, 0.2) is 79.0 Å². The van der Waals surface area contributed by atoms with Crippen LogP contribution in [0.4, 0.5) is 46.8 Å². The fourth-order valence-electron chi connectivity index (χ4n) is 4.97. The standard InChI is InChI=1S/C31H30ClN7O3.C2HF3O/c32-26-19-33-30-35-24-8-4-5-21(17-24)9-10-22-18-25(34-29(26)37-30)11-12-27(22)42-20-28(40)38-13-15-39(16-14-38)31(41)36-23-6-2-1-3-7-23;3-2(4,5)1-6/h1-8,11-12,17-19H,9-10,13-16,20H2,(H,36,41)(H2,33,34,35,37);1H. The Morgan fingerprint density at radius 1 is 0.917 bits per heavy atom. The molecule has 2 aliphatic rings. The number of nitrogens with one attached hydrogen (secondary N) is 3. The summed E-state index contributed by atoms with van der Waals surface area (Å²) in [6, 6.07) is 23.0. The van der Waals surface area contributed by atoms with E-state index in [-0.39, 0.29) is 18.5 Å². The molecule has 3 heterocycles. The normalized spacial score (nSPS) is 13.9. The largest absolute Gasteiger partial charge is 0.483 e. The van der Waals surface area contributed by atoms with E-state index in [1.165, 1.54) is 0 Å². The molecule has 15 heteroatoms. The molecule has 0 atom stereocenters. The summed E-state index contributed by atoms with van der Waals surface area (Å²) < 4.78 is 37.3. The molecule has 11 nitrogen and oxygen atoms in total. The van der Waals surface area contributed by atoms with Gasteiger partial charge in [0.15, 0.2) is 12.4 Å². The number of halogens is 4. The number of piperazine rings is 1. The monoisotopic (exact) mass is 681 g/mol. The van der Waals surface area contributed by atoms with Crippen molar-refractivity contribution in [2.45, 2.75) is 19.0 Å². The van der Waals surface area contributed by atoms with Gasteiger partial charge < -0.3 is 30.5 Å². The number of aryl methyl sites for hydroxylation is 2. The Morgan fingerprint density at radius 3 is 2.35 bits per heavy atom. The maximum absolute atomic E-state index is 13.1. The van der Waals surface area contributed by atoms with E-state index in [1.54, 1.807) is 16.0 Å². The molecule has 1 fully saturated rings. The summed E-state index contributed by atoms with van der Waals surface area (Å²) in [7, 11) is 0. The van der Waals surface area contributed by atoms with Crippen molar-refractivity contribution in [2.24, 2.45) is 0 Å². The number of carbonyl (C=O) groups excluding carboxylic acids is 3. The van der Waals surface area contributed by atoms with Crippen LogP contribution in [0.1, 0.15) is 11.1 Å². The van der Waals surface area contributed by atoms with Crippen LogP contribution < -0.4 is 20.7 Å². The second-order valence-corrected chi connectivity index (χ2v) is 11.2. The van der Waals surface area contributed by atoms with E-state index in [4.69, 9.17) is 21.1 Å². The van der Waals surface area contributed by atoms with E-state index < -0.39 is 12.5 Å². The summed E-state index contributed by atoms with van der Waals surface area (Å²) in [6.07, 6.45) is -2.67. The summed E-state index contributed by atoms with van der Waals surface area (Å²) in [5.74, 6) is 1.45. The van der Waals surface area contributed by atoms with Gasteiger partial charge in [0.05, 0.1) is 6.20 Å². The Kier molecular flexibility index (Phi) is 11.0. The van der Waals surface area contributed by atoms with E-state index in [9.17, 15) is 22.8 Å². The number of hydrogen-bond acceptors (Lipinski definition) is 8. The molecule has 3 amide bonds. The van der Waals surface area contributed by atoms with Crippen LogP contribution in [0.25, 0.3) is 0 Å². The van der Waals surface area contributed by atoms with Crippen LogP contribution in [0.2, 0.25) is 5.02 Å². The highest BCUT2D eigenvalue weighted by Gasteiger charge is 2.25. The lowest BCUT2D eigenvalue weighted by Crippen LogP contribution is -2.52. The maximum Gasteiger partial charge on any atom is 0.446 e. The van der Waals surface area contributed by atoms with Crippen LogP contribution in [0.5, 0.6) is 5.75 Å². The minimum absolute atomic E-state index is 0.0868. The molecule has 4 aromatic rings. The van der Waals surface area contributed by atoms with Crippen LogP contribution in [0, 0.1) is 0 Å². The van der Waals surface area contributed by atoms with E-state index in [2.05, 4.69) is 38.1 Å². The summed E-state index contributed by atoms with van der Waals surface area (Å²) in [5, 5.41) is 9.81. The molecule has 1 aromatic heterocycles. The summed E-state index contributed by atoms with van der Waals surface area (Å²) in [5.41, 5.74) is 4.52. The Labute approximate surface area is 279 Å². The van der Waals surface area contributed by atoms with E-state index >= 15 is 0 Å². The third kappa shape index (κ3) is 9.58. The Hall–Kier alpha value is -5.37. The third-order valence-corrected chi connectivity index (χ3v) is 7.64. The molecular formula is C33H31ClF3N7O4. The first-order chi connectivity index (χ1) is 23.1. The molecule has 0 unspecified atom stereocenters. The number of ether oxygens (including phenoxy) is 1. The van der Waals surface area contributed by atoms with Gasteiger partial charge in [-0.3, -0.25) is 9.59 Å². The maximum atomic E-state index is 13.1. The first kappa shape index (κ1) is 34.0. The number of alkyl halides is 3. The predicted octanol–water partition coefficient (Wildman–Crippen LogP) is 6.22. The molecule has 3 N–H and O–H groups in total. The Bertz CT molecular complexity index is 1750. The molecule has 0 radical (unpaired) electrons. The number of aldehydes is 1. The van der Waals surface area contributed by atoms with Crippen molar-refractivity contribution in [1.82, 2.24) is 19.8 Å². The molecule has 6 bridgehead atoms. The van der Waals surface area contributed by atoms with Crippen molar-refractivity contribution in [3.05, 3.63) is 95.1 Å². The molecule has 0 aliphatic carbocycles. The number of anilines is 5. The van der Waals surface area contributed by atoms with Gasteiger partial charge in [-0.2, -0.15) is 18.2 Å². The Morgan fingerprint density at radius 2 is 1.62 bits per heavy atom. The molecule has 1 saturated heterocycles. The highest BCUT2D eigenvalue weighted by atomic mass is 35.5. The van der Waals surface area contributed by atoms with Gasteiger partial charge in [-0.05, 0) is 66.4 Å². The summed E-state index contributed by atoms with van der Waals surface area (Å²) in [4.78, 5) is 46.6. The quantitative estimate of drug-likeness (QED) is 0.217. The Balaban J connectivity index is 0.000000689. The molecule has 6 rings (SSSR count). The van der Waals surface area contributed by atoms with Crippen molar-refractivity contribution in [3.63, 3.8) is 0 Å². The number of fused-ring (bicyclic) bond motifs is 6. The molecule has 48 heavy (non-hydrogen) atoms. The lowest BCUT2D eigenvalue weighted by atomic mass is 10.0. The molecule has 0 spiro atoms. The second kappa shape index (κ2) is 15.5. The topological polar surface area (TPSA) is 129 Å². The zero-order valence-electron chi connectivity index (χ0n) is 25.5. The number of aromatic nitrogens is 2. The number of hydrogen-bond donors (Lipinski definition) is 3. The van der Waals surface area contributed by atoms with Crippen LogP contribution in [0.3, 0.4) is 0 Å². The van der Waals surface area contributed by atoms with Gasteiger partial charge in [0, 0.05) is 43.2 Å². The van der Waals surface area contributed by atoms with Crippen molar-refractivity contribution in [1.29, 1.82) is 0 Å². The van der Waals surface area contributed by atoms with E-state index in [0.29, 0.717) is 55.1 Å². The average molecular weight is 682 g/mol. The van der Waals surface area contributed by atoms with Crippen molar-refractivity contribution >= 4 is 58.7 Å². The zero-order valence-corrected chi connectivity index (χ0v) is 26.2. The fraction of sp³-hybridized carbons (Fsp3) is 0.242. The highest BCUT2D eigenvalue weighted by Crippen LogP contribution is 2.30. The number of carbonyl (C=O) groups is 3. The number of rotatable bonds is 4. The zero-order chi connectivity index (χ0) is 34.1. The van der Waals surface area contributed by atoms with Gasteiger partial charge in [0.25, 0.3) is 5.91 Å². The van der Waals surface area contributed by atoms with Gasteiger partial charge in [0.2, 0.25) is 12.2 Å². The molecule has 250 valence electrons. The van der Waals surface area contributed by atoms with Gasteiger partial charge in [0.1, 0.15) is 10.8 Å². The van der Waals surface area contributed by atoms with E-state index in [1.807, 2.05) is 60.7 Å². The van der Waals surface area contributed by atoms with Crippen LogP contribution in [-0.2, 0) is 22.4 Å². The van der Waals surface area contributed by atoms with Crippen molar-refractivity contribution < 1.29 is 32.3 Å². The minimum atomic E-state index is -4.64. The lowest BCUT2D eigenvalue weighted by molar-refractivity contribution is -0.156. The van der Waals surface area contributed by atoms with Gasteiger partial charge >= 0.3 is 12.2 Å². The number of urea groups is 1. The smallest absolute Gasteiger partial charge is 0.446 e. The van der Waals surface area contributed by atoms with Gasteiger partial charge in [-0.1, -0.05) is 41.9 Å². The van der Waals surface area contributed by atoms with Crippen molar-refractivity contribution in [3.8, 4) is 5.75 Å². The fourth-order valence-corrected chi connectivity index (χ4v) is 5.11. The van der Waals surface area contributed by atoms with Crippen molar-refractivity contribution in [2.75, 3.05) is 48.7 Å². The molecular weight excluding hydrogens is 651 g/mol. The summed E-state index contributed by atoms with van der Waals surface area (Å²) >= 11 is 6.38. The van der Waals surface area contributed by atoms with Crippen LogP contribution in [-0.4, -0.2) is 77.0 Å². The number of para-hydroxylation sites is 1. The molecule has 2 aliphatic heterocycles. The number of amides is 3. The van der Waals surface area contributed by atoms with E-state index in [0.717, 1.165) is 34.6 Å². The van der Waals surface area contributed by atoms with Crippen LogP contribution >= 0.6 is 11.6 Å². The lowest BCUT2D eigenvalue weighted by Gasteiger charge is -2.34. The van der Waals surface area contributed by atoms with Gasteiger partial charge in [-0.15, -0.1) is 0 Å². The minimum Gasteiger partial charge on any atom is -0.483 e. The molecule has 0 saturated carbocycles. The predicted molar refractivity (Wildman–Crippen MR) is 175 cm³/mol. The number of benzene rings is 3. The average Bonchev–Trinajstić information content (AvgIpc) is 3.09. The SMILES string of the molecule is O=C(COc1ccc2cc1CCc1cccc(c1)Nc1ncc(Cl)c(n1)N2)N1CCN(C(=O)Nc2ccccc2)CC1.O=CC(F)(F)F.